The van der Waals surface area contributed by atoms with Crippen LogP contribution in [0.5, 0.6) is 0 Å². The zero-order valence-corrected chi connectivity index (χ0v) is 22.3. The molecule has 2 heteroatoms. The summed E-state index contributed by atoms with van der Waals surface area (Å²) in [5.41, 5.74) is 4.83. The second-order valence-electron chi connectivity index (χ2n) is 14.6. The molecule has 2 saturated carbocycles. The first-order chi connectivity index (χ1) is 14.8. The molecule has 3 fully saturated rings. The van der Waals surface area contributed by atoms with Crippen molar-refractivity contribution in [1.29, 1.82) is 0 Å². The first-order valence-electron chi connectivity index (χ1n) is 13.9. The lowest BCUT2D eigenvalue weighted by atomic mass is 9.43. The Morgan fingerprint density at radius 2 is 1.53 bits per heavy atom. The lowest BCUT2D eigenvalue weighted by Crippen LogP contribution is -2.55. The van der Waals surface area contributed by atoms with Crippen LogP contribution in [0.25, 0.3) is 0 Å². The van der Waals surface area contributed by atoms with E-state index in [0.717, 1.165) is 12.3 Å². The van der Waals surface area contributed by atoms with Gasteiger partial charge < -0.3 is 9.84 Å². The predicted octanol–water partition coefficient (Wildman–Crippen LogP) is 7.69. The van der Waals surface area contributed by atoms with Crippen LogP contribution in [-0.2, 0) is 4.74 Å². The molecule has 0 bridgehead atoms. The third-order valence-electron chi connectivity index (χ3n) is 12.5. The highest BCUT2D eigenvalue weighted by Crippen LogP contribution is 2.72. The number of rotatable bonds is 2. The van der Waals surface area contributed by atoms with Gasteiger partial charge in [-0.3, -0.25) is 0 Å². The molecule has 0 radical (unpaired) electrons. The standard InChI is InChI=1S/C30H50O2/c1-19(23-13-15-26(2,3)32-23)20-11-17-30(8)22-9-10-24-27(4,5)25(31)14-16-28(24,6)21(22)12-18-29(20,30)7/h19-20,23-25,31H,9-18H2,1-8H3/t19-,20+,23+,24-,25-,28+,29+,30-/m0/s1. The van der Waals surface area contributed by atoms with Gasteiger partial charge in [0.05, 0.1) is 17.8 Å². The molecule has 1 heterocycles. The summed E-state index contributed by atoms with van der Waals surface area (Å²) in [7, 11) is 0. The van der Waals surface area contributed by atoms with Gasteiger partial charge in [-0.1, -0.05) is 52.7 Å². The van der Waals surface area contributed by atoms with E-state index < -0.39 is 0 Å². The zero-order valence-electron chi connectivity index (χ0n) is 22.3. The van der Waals surface area contributed by atoms with Gasteiger partial charge in [0, 0.05) is 0 Å². The van der Waals surface area contributed by atoms with E-state index in [9.17, 15) is 5.11 Å². The van der Waals surface area contributed by atoms with E-state index in [1.807, 2.05) is 11.1 Å². The van der Waals surface area contributed by atoms with Crippen LogP contribution in [0.3, 0.4) is 0 Å². The molecule has 2 nitrogen and oxygen atoms in total. The number of fused-ring (bicyclic) bond motifs is 4. The summed E-state index contributed by atoms with van der Waals surface area (Å²) in [6.45, 7) is 19.6. The number of hydrogen-bond donors (Lipinski definition) is 1. The van der Waals surface area contributed by atoms with Gasteiger partial charge >= 0.3 is 0 Å². The molecule has 0 amide bonds. The van der Waals surface area contributed by atoms with E-state index in [0.29, 0.717) is 34.2 Å². The number of aliphatic hydroxyl groups excluding tert-OH is 1. The minimum Gasteiger partial charge on any atom is -0.393 e. The normalized spacial score (nSPS) is 50.5. The van der Waals surface area contributed by atoms with Gasteiger partial charge in [0.15, 0.2) is 0 Å². The third kappa shape index (κ3) is 2.96. The summed E-state index contributed by atoms with van der Waals surface area (Å²) >= 11 is 0. The third-order valence-corrected chi connectivity index (χ3v) is 12.5. The van der Waals surface area contributed by atoms with Gasteiger partial charge in [-0.05, 0) is 117 Å². The highest BCUT2D eigenvalue weighted by molar-refractivity contribution is 5.38. The van der Waals surface area contributed by atoms with Crippen molar-refractivity contribution < 1.29 is 9.84 Å². The van der Waals surface area contributed by atoms with Crippen molar-refractivity contribution in [3.8, 4) is 0 Å². The van der Waals surface area contributed by atoms with Gasteiger partial charge in [0.2, 0.25) is 0 Å². The first kappa shape index (κ1) is 23.4. The Morgan fingerprint density at radius 3 is 2.19 bits per heavy atom. The maximum Gasteiger partial charge on any atom is 0.0631 e. The topological polar surface area (TPSA) is 29.5 Å². The van der Waals surface area contributed by atoms with Crippen molar-refractivity contribution >= 4 is 0 Å². The summed E-state index contributed by atoms with van der Waals surface area (Å²) in [5.74, 6) is 2.05. The molecule has 4 aliphatic carbocycles. The van der Waals surface area contributed by atoms with E-state index in [2.05, 4.69) is 55.4 Å². The van der Waals surface area contributed by atoms with Crippen molar-refractivity contribution in [1.82, 2.24) is 0 Å². The molecule has 0 spiro atoms. The number of aliphatic hydroxyl groups is 1. The molecule has 0 aromatic heterocycles. The van der Waals surface area contributed by atoms with Crippen LogP contribution in [0.1, 0.15) is 120 Å². The highest BCUT2D eigenvalue weighted by atomic mass is 16.5. The van der Waals surface area contributed by atoms with E-state index in [1.165, 1.54) is 57.8 Å². The van der Waals surface area contributed by atoms with Crippen LogP contribution in [0, 0.1) is 39.4 Å². The molecule has 0 aromatic carbocycles. The molecule has 1 aliphatic heterocycles. The van der Waals surface area contributed by atoms with E-state index in [-0.39, 0.29) is 17.1 Å². The monoisotopic (exact) mass is 442 g/mol. The summed E-state index contributed by atoms with van der Waals surface area (Å²) in [6, 6.07) is 0. The van der Waals surface area contributed by atoms with Gasteiger partial charge in [0.25, 0.3) is 0 Å². The minimum absolute atomic E-state index is 0.0343. The molecular formula is C30H50O2. The largest absolute Gasteiger partial charge is 0.393 e. The fourth-order valence-electron chi connectivity index (χ4n) is 10.2. The summed E-state index contributed by atoms with van der Waals surface area (Å²) in [5, 5.41) is 10.8. The van der Waals surface area contributed by atoms with Crippen LogP contribution >= 0.6 is 0 Å². The number of ether oxygens (including phenoxy) is 1. The van der Waals surface area contributed by atoms with Crippen LogP contribution in [0.15, 0.2) is 11.1 Å². The molecule has 0 unspecified atom stereocenters. The summed E-state index contributed by atoms with van der Waals surface area (Å²) in [6.07, 6.45) is 12.8. The fraction of sp³-hybridized carbons (Fsp3) is 0.933. The Bertz CT molecular complexity index is 808. The molecule has 8 atom stereocenters. The smallest absolute Gasteiger partial charge is 0.0631 e. The molecule has 5 aliphatic rings. The Balaban J connectivity index is 1.48. The van der Waals surface area contributed by atoms with Crippen molar-refractivity contribution in [2.45, 2.75) is 137 Å². The maximum atomic E-state index is 10.8. The Kier molecular flexibility index (Phi) is 5.19. The van der Waals surface area contributed by atoms with Gasteiger partial charge in [-0.2, -0.15) is 0 Å². The Labute approximate surface area is 198 Å². The first-order valence-corrected chi connectivity index (χ1v) is 13.9. The van der Waals surface area contributed by atoms with E-state index in [4.69, 9.17) is 4.74 Å². The highest BCUT2D eigenvalue weighted by Gasteiger charge is 2.64. The Morgan fingerprint density at radius 1 is 0.812 bits per heavy atom. The average molecular weight is 443 g/mol. The van der Waals surface area contributed by atoms with Crippen LogP contribution in [-0.4, -0.2) is 22.9 Å². The SMILES string of the molecule is C[C@@H]([C@H]1CC[C@@]2(C)C3=C(CC[C@]12C)[C@@]1(C)CC[C@H](O)C(C)(C)[C@@H]1CC3)[C@H]1CCC(C)(C)O1. The molecule has 1 saturated heterocycles. The van der Waals surface area contributed by atoms with Crippen molar-refractivity contribution in [3.05, 3.63) is 11.1 Å². The van der Waals surface area contributed by atoms with Crippen molar-refractivity contribution in [3.63, 3.8) is 0 Å². The van der Waals surface area contributed by atoms with Crippen LogP contribution in [0.4, 0.5) is 0 Å². The van der Waals surface area contributed by atoms with Gasteiger partial charge in [-0.15, -0.1) is 0 Å². The van der Waals surface area contributed by atoms with E-state index >= 15 is 0 Å². The summed E-state index contributed by atoms with van der Waals surface area (Å²) < 4.78 is 6.57. The molecule has 1 N–H and O–H groups in total. The van der Waals surface area contributed by atoms with E-state index in [1.54, 1.807) is 0 Å². The lowest BCUT2D eigenvalue weighted by molar-refractivity contribution is -0.0990. The Hall–Kier alpha value is -0.340. The van der Waals surface area contributed by atoms with Crippen molar-refractivity contribution in [2.24, 2.45) is 39.4 Å². The number of hydrogen-bond acceptors (Lipinski definition) is 2. The van der Waals surface area contributed by atoms with Crippen LogP contribution in [0.2, 0.25) is 0 Å². The predicted molar refractivity (Wildman–Crippen MR) is 132 cm³/mol. The second-order valence-corrected chi connectivity index (χ2v) is 14.6. The minimum atomic E-state index is -0.139. The molecular weight excluding hydrogens is 392 g/mol. The average Bonchev–Trinajstić information content (AvgIpc) is 3.21. The van der Waals surface area contributed by atoms with Crippen LogP contribution < -0.4 is 0 Å². The van der Waals surface area contributed by atoms with Crippen molar-refractivity contribution in [2.75, 3.05) is 0 Å². The zero-order chi connectivity index (χ0) is 23.3. The summed E-state index contributed by atoms with van der Waals surface area (Å²) in [4.78, 5) is 0. The molecule has 0 aromatic rings. The molecule has 182 valence electrons. The lowest BCUT2D eigenvalue weighted by Gasteiger charge is -2.62. The molecule has 32 heavy (non-hydrogen) atoms. The quantitative estimate of drug-likeness (QED) is 0.444. The maximum absolute atomic E-state index is 10.8. The fourth-order valence-corrected chi connectivity index (χ4v) is 10.2. The molecule has 5 rings (SSSR count). The van der Waals surface area contributed by atoms with Gasteiger partial charge in [-0.25, -0.2) is 0 Å². The second kappa shape index (κ2) is 7.09. The number of allylic oxidation sites excluding steroid dienone is 2. The van der Waals surface area contributed by atoms with Gasteiger partial charge in [0.1, 0.15) is 0 Å².